The van der Waals surface area contributed by atoms with Crippen molar-refractivity contribution in [3.05, 3.63) is 73.5 Å². The topological polar surface area (TPSA) is 108 Å². The summed E-state index contributed by atoms with van der Waals surface area (Å²) in [5.74, 6) is -0.0749. The number of aromatic nitrogens is 2. The number of rotatable bonds is 2. The van der Waals surface area contributed by atoms with E-state index < -0.39 is 5.92 Å². The maximum absolute atomic E-state index is 10.1. The fraction of sp³-hybridized carbons (Fsp3) is 0.100. The monoisotopic (exact) mass is 500 g/mol. The van der Waals surface area contributed by atoms with Crippen molar-refractivity contribution in [1.29, 1.82) is 5.26 Å². The number of benzene rings is 2. The number of nitrogens with one attached hydrogen (secondary N) is 1. The van der Waals surface area contributed by atoms with E-state index in [-0.39, 0.29) is 17.2 Å². The minimum absolute atomic E-state index is 0.0160. The number of aromatic hydroxyl groups is 1. The molecule has 6 nitrogen and oxygen atoms in total. The van der Waals surface area contributed by atoms with E-state index >= 15 is 0 Å². The van der Waals surface area contributed by atoms with E-state index in [0.717, 1.165) is 27.9 Å². The van der Waals surface area contributed by atoms with E-state index in [9.17, 15) is 10.4 Å². The fourth-order valence-electron chi connectivity index (χ4n) is 3.27. The summed E-state index contributed by atoms with van der Waals surface area (Å²) in [6.45, 7) is 2.01. The summed E-state index contributed by atoms with van der Waals surface area (Å²) < 4.78 is 6.62. The zero-order valence-electron chi connectivity index (χ0n) is 14.6. The van der Waals surface area contributed by atoms with Gasteiger partial charge in [-0.25, -0.2) is 0 Å². The molecule has 28 heavy (non-hydrogen) atoms. The van der Waals surface area contributed by atoms with Gasteiger partial charge in [0.15, 0.2) is 0 Å². The average Bonchev–Trinajstić information content (AvgIpc) is 3.08. The number of nitrogens with zero attached hydrogens (tertiary/aromatic N) is 2. The summed E-state index contributed by atoms with van der Waals surface area (Å²) in [5, 5.41) is 27.1. The van der Waals surface area contributed by atoms with Crippen LogP contribution in [0.4, 0.5) is 0 Å². The van der Waals surface area contributed by atoms with E-state index in [1.165, 1.54) is 0 Å². The minimum atomic E-state index is -0.503. The molecule has 1 aliphatic rings. The Hall–Kier alpha value is -2.76. The van der Waals surface area contributed by atoms with Crippen LogP contribution in [-0.2, 0) is 0 Å². The van der Waals surface area contributed by atoms with Gasteiger partial charge in [0.1, 0.15) is 17.4 Å². The van der Waals surface area contributed by atoms with Crippen LogP contribution < -0.4 is 10.5 Å². The number of fused-ring (bicyclic) bond motifs is 1. The van der Waals surface area contributed by atoms with Crippen LogP contribution in [0.2, 0.25) is 0 Å². The van der Waals surface area contributed by atoms with Crippen LogP contribution in [0.5, 0.6) is 11.6 Å². The normalized spacial score (nSPS) is 15.7. The van der Waals surface area contributed by atoms with Gasteiger partial charge in [0.25, 0.3) is 0 Å². The van der Waals surface area contributed by atoms with Gasteiger partial charge in [-0.2, -0.15) is 5.26 Å². The maximum Gasteiger partial charge on any atom is 0.244 e. The largest absolute Gasteiger partial charge is 0.506 e. The number of ether oxygens (including phenoxy) is 1. The zero-order valence-corrected chi connectivity index (χ0v) is 17.8. The quantitative estimate of drug-likeness (QED) is 0.465. The van der Waals surface area contributed by atoms with Gasteiger partial charge in [0.05, 0.1) is 26.1 Å². The highest BCUT2D eigenvalue weighted by molar-refractivity contribution is 9.11. The second-order valence-corrected chi connectivity index (χ2v) is 8.15. The lowest BCUT2D eigenvalue weighted by Crippen LogP contribution is -2.21. The van der Waals surface area contributed by atoms with Crippen LogP contribution in [0.15, 0.2) is 56.8 Å². The lowest BCUT2D eigenvalue weighted by molar-refractivity contribution is 0.379. The first-order valence-electron chi connectivity index (χ1n) is 8.31. The SMILES string of the molecule is Cc1ccc(-c2[nH]nc3c2[C@@H](c2cc(Br)c(O)c(Br)c2)C(C#N)=C(N)O3)cc1. The highest BCUT2D eigenvalue weighted by Crippen LogP contribution is 2.47. The van der Waals surface area contributed by atoms with Crippen molar-refractivity contribution in [3.8, 4) is 29.0 Å². The Morgan fingerprint density at radius 3 is 2.46 bits per heavy atom. The van der Waals surface area contributed by atoms with Crippen molar-refractivity contribution in [2.75, 3.05) is 0 Å². The molecule has 2 heterocycles. The number of halogens is 2. The van der Waals surface area contributed by atoms with Crippen LogP contribution in [-0.4, -0.2) is 15.3 Å². The zero-order chi connectivity index (χ0) is 20.0. The molecule has 8 heteroatoms. The maximum atomic E-state index is 10.1. The van der Waals surface area contributed by atoms with E-state index in [1.54, 1.807) is 12.1 Å². The van der Waals surface area contributed by atoms with Crippen molar-refractivity contribution in [1.82, 2.24) is 10.2 Å². The molecule has 0 bridgehead atoms. The third kappa shape index (κ3) is 2.97. The molecule has 1 atom stereocenters. The molecule has 0 amide bonds. The lowest BCUT2D eigenvalue weighted by Gasteiger charge is -2.24. The van der Waals surface area contributed by atoms with Gasteiger partial charge in [-0.05, 0) is 56.5 Å². The molecule has 0 saturated carbocycles. The summed E-state index contributed by atoms with van der Waals surface area (Å²) >= 11 is 6.72. The molecule has 0 unspecified atom stereocenters. The molecule has 2 aromatic carbocycles. The Bertz CT molecular complexity index is 1140. The lowest BCUT2D eigenvalue weighted by atomic mass is 9.83. The Morgan fingerprint density at radius 1 is 1.21 bits per heavy atom. The Morgan fingerprint density at radius 2 is 1.86 bits per heavy atom. The molecular formula is C20H14Br2N4O2. The van der Waals surface area contributed by atoms with E-state index in [2.05, 4.69) is 48.1 Å². The predicted molar refractivity (Wildman–Crippen MR) is 112 cm³/mol. The molecule has 0 aliphatic carbocycles. The Kier molecular flexibility index (Phi) is 4.65. The standard InChI is InChI=1S/C20H14Br2N4O2/c1-9-2-4-10(5-3-9)17-16-15(11-6-13(21)18(27)14(22)7-11)12(8-23)19(24)28-20(16)26-25-17/h2-7,15,27H,24H2,1H3,(H,25,26)/t15-/m0/s1. The third-order valence-electron chi connectivity index (χ3n) is 4.65. The van der Waals surface area contributed by atoms with Gasteiger partial charge in [0.2, 0.25) is 11.8 Å². The number of nitriles is 1. The van der Waals surface area contributed by atoms with E-state index in [4.69, 9.17) is 10.5 Å². The van der Waals surface area contributed by atoms with Gasteiger partial charge >= 0.3 is 0 Å². The van der Waals surface area contributed by atoms with Gasteiger partial charge < -0.3 is 15.6 Å². The van der Waals surface area contributed by atoms with Crippen LogP contribution in [0, 0.1) is 18.3 Å². The van der Waals surface area contributed by atoms with Gasteiger partial charge in [-0.3, -0.25) is 5.10 Å². The van der Waals surface area contributed by atoms with Gasteiger partial charge in [-0.1, -0.05) is 29.8 Å². The minimum Gasteiger partial charge on any atom is -0.506 e. The number of phenolic OH excluding ortho intramolecular Hbond substituents is 1. The van der Waals surface area contributed by atoms with Crippen LogP contribution >= 0.6 is 31.9 Å². The summed E-state index contributed by atoms with van der Waals surface area (Å²) in [7, 11) is 0. The summed E-state index contributed by atoms with van der Waals surface area (Å²) in [6, 6.07) is 13.7. The average molecular weight is 502 g/mol. The number of phenols is 1. The molecule has 0 spiro atoms. The fourth-order valence-corrected chi connectivity index (χ4v) is 4.49. The number of aromatic amines is 1. The van der Waals surface area contributed by atoms with Crippen molar-refractivity contribution in [2.24, 2.45) is 5.73 Å². The van der Waals surface area contributed by atoms with Crippen LogP contribution in [0.3, 0.4) is 0 Å². The number of nitrogens with two attached hydrogens (primary N) is 1. The molecule has 4 rings (SSSR count). The molecule has 0 radical (unpaired) electrons. The van der Waals surface area contributed by atoms with Crippen molar-refractivity contribution in [2.45, 2.75) is 12.8 Å². The van der Waals surface area contributed by atoms with Crippen molar-refractivity contribution in [3.63, 3.8) is 0 Å². The van der Waals surface area contributed by atoms with Crippen LogP contribution in [0.1, 0.15) is 22.6 Å². The predicted octanol–water partition coefficient (Wildman–Crippen LogP) is 4.83. The first kappa shape index (κ1) is 18.6. The second-order valence-electron chi connectivity index (χ2n) is 6.44. The summed E-state index contributed by atoms with van der Waals surface area (Å²) in [5.41, 5.74) is 10.6. The van der Waals surface area contributed by atoms with Gasteiger partial charge in [-0.15, -0.1) is 5.10 Å². The van der Waals surface area contributed by atoms with E-state index in [0.29, 0.717) is 14.8 Å². The molecule has 0 fully saturated rings. The smallest absolute Gasteiger partial charge is 0.244 e. The molecule has 0 saturated heterocycles. The first-order valence-corrected chi connectivity index (χ1v) is 9.90. The molecule has 4 N–H and O–H groups in total. The molecule has 3 aromatic rings. The first-order chi connectivity index (χ1) is 13.4. The Labute approximate surface area is 177 Å². The van der Waals surface area contributed by atoms with Gasteiger partial charge in [0, 0.05) is 5.56 Å². The number of hydrogen-bond donors (Lipinski definition) is 3. The molecule has 1 aliphatic heterocycles. The number of aryl methyl sites for hydroxylation is 1. The Balaban J connectivity index is 1.97. The summed E-state index contributed by atoms with van der Waals surface area (Å²) in [6.07, 6.45) is 0. The molecule has 140 valence electrons. The number of allylic oxidation sites excluding steroid dienone is 1. The van der Waals surface area contributed by atoms with Crippen molar-refractivity contribution >= 4 is 31.9 Å². The van der Waals surface area contributed by atoms with Crippen LogP contribution in [0.25, 0.3) is 11.3 Å². The second kappa shape index (κ2) is 7.00. The highest BCUT2D eigenvalue weighted by atomic mass is 79.9. The van der Waals surface area contributed by atoms with Crippen molar-refractivity contribution < 1.29 is 9.84 Å². The van der Waals surface area contributed by atoms with E-state index in [1.807, 2.05) is 31.2 Å². The highest BCUT2D eigenvalue weighted by Gasteiger charge is 2.36. The molecular weight excluding hydrogens is 488 g/mol. The number of H-pyrrole nitrogens is 1. The number of hydrogen-bond acceptors (Lipinski definition) is 5. The third-order valence-corrected chi connectivity index (χ3v) is 5.86. The summed E-state index contributed by atoms with van der Waals surface area (Å²) in [4.78, 5) is 0. The molecule has 1 aromatic heterocycles.